The maximum absolute atomic E-state index is 5.25. The minimum atomic E-state index is 0.809. The van der Waals surface area contributed by atoms with Crippen molar-refractivity contribution in [1.82, 2.24) is 0 Å². The summed E-state index contributed by atoms with van der Waals surface area (Å²) in [6.07, 6.45) is 1.08. The summed E-state index contributed by atoms with van der Waals surface area (Å²) in [5.74, 6) is 0.846. The first-order valence-electron chi connectivity index (χ1n) is 6.37. The van der Waals surface area contributed by atoms with Crippen LogP contribution in [0.1, 0.15) is 18.1 Å². The number of rotatable bonds is 5. The van der Waals surface area contributed by atoms with Gasteiger partial charge in [0.15, 0.2) is 0 Å². The van der Waals surface area contributed by atoms with Crippen LogP contribution in [0.5, 0.6) is 5.75 Å². The number of benzene rings is 2. The third-order valence-electron chi connectivity index (χ3n) is 3.03. The van der Waals surface area contributed by atoms with Gasteiger partial charge in [-0.1, -0.05) is 47.1 Å². The maximum atomic E-state index is 5.25. The third-order valence-corrected chi connectivity index (χ3v) is 3.49. The Morgan fingerprint density at radius 1 is 1.05 bits per heavy atom. The molecule has 0 saturated carbocycles. The number of hydrogen-bond donors (Lipinski definition) is 1. The Morgan fingerprint density at radius 3 is 2.37 bits per heavy atom. The van der Waals surface area contributed by atoms with E-state index in [0.29, 0.717) is 0 Å². The summed E-state index contributed by atoms with van der Waals surface area (Å²) in [7, 11) is 1.68. The first kappa shape index (κ1) is 13.9. The molecule has 0 heterocycles. The molecule has 0 aliphatic carbocycles. The molecule has 0 unspecified atom stereocenters. The molecule has 2 nitrogen and oxygen atoms in total. The molecule has 0 fully saturated rings. The molecule has 0 saturated heterocycles. The van der Waals surface area contributed by atoms with Crippen molar-refractivity contribution in [2.24, 2.45) is 0 Å². The van der Waals surface area contributed by atoms with Crippen LogP contribution in [-0.2, 0) is 13.0 Å². The molecular weight excluding hydrogens is 302 g/mol. The minimum absolute atomic E-state index is 0.809. The first-order valence-corrected chi connectivity index (χ1v) is 7.17. The number of anilines is 1. The number of nitrogens with one attached hydrogen (secondary N) is 1. The summed E-state index contributed by atoms with van der Waals surface area (Å²) in [6.45, 7) is 2.98. The molecule has 0 bridgehead atoms. The van der Waals surface area contributed by atoms with Crippen LogP contribution in [0.2, 0.25) is 0 Å². The Labute approximate surface area is 122 Å². The molecule has 3 heteroatoms. The fourth-order valence-corrected chi connectivity index (χ4v) is 2.35. The van der Waals surface area contributed by atoms with Gasteiger partial charge in [0.1, 0.15) is 5.75 Å². The second-order valence-electron chi connectivity index (χ2n) is 4.40. The zero-order valence-corrected chi connectivity index (χ0v) is 12.8. The highest BCUT2D eigenvalue weighted by atomic mass is 79.9. The van der Waals surface area contributed by atoms with Crippen LogP contribution in [0.4, 0.5) is 5.69 Å². The van der Waals surface area contributed by atoms with Crippen LogP contribution in [0, 0.1) is 0 Å². The van der Waals surface area contributed by atoms with Gasteiger partial charge in [-0.3, -0.25) is 0 Å². The van der Waals surface area contributed by atoms with Gasteiger partial charge in [-0.2, -0.15) is 0 Å². The number of ether oxygens (including phenoxy) is 1. The smallest absolute Gasteiger partial charge is 0.122 e. The molecule has 100 valence electrons. The molecule has 2 aromatic carbocycles. The lowest BCUT2D eigenvalue weighted by molar-refractivity contribution is 0.414. The fraction of sp³-hybridized carbons (Fsp3) is 0.250. The largest absolute Gasteiger partial charge is 0.497 e. The summed E-state index contributed by atoms with van der Waals surface area (Å²) in [5.41, 5.74) is 3.69. The Hall–Kier alpha value is -1.48. The molecule has 19 heavy (non-hydrogen) atoms. The van der Waals surface area contributed by atoms with Gasteiger partial charge >= 0.3 is 0 Å². The Bertz CT molecular complexity index is 537. The Kier molecular flexibility index (Phi) is 4.86. The van der Waals surface area contributed by atoms with Crippen molar-refractivity contribution in [1.29, 1.82) is 0 Å². The van der Waals surface area contributed by atoms with Crippen molar-refractivity contribution in [2.75, 3.05) is 12.4 Å². The van der Waals surface area contributed by atoms with E-state index in [9.17, 15) is 0 Å². The molecule has 0 radical (unpaired) electrons. The van der Waals surface area contributed by atoms with E-state index in [1.165, 1.54) is 11.1 Å². The lowest BCUT2D eigenvalue weighted by Crippen LogP contribution is -2.00. The SMILES string of the molecule is CCc1ccc(CNc2cc(Br)cc(OC)c2)cc1. The molecule has 1 N–H and O–H groups in total. The van der Waals surface area contributed by atoms with Crippen molar-refractivity contribution in [2.45, 2.75) is 19.9 Å². The number of hydrogen-bond acceptors (Lipinski definition) is 2. The monoisotopic (exact) mass is 319 g/mol. The lowest BCUT2D eigenvalue weighted by Gasteiger charge is -2.09. The van der Waals surface area contributed by atoms with Crippen LogP contribution in [-0.4, -0.2) is 7.11 Å². The number of halogens is 1. The Morgan fingerprint density at radius 2 is 1.74 bits per heavy atom. The molecule has 0 aromatic heterocycles. The first-order chi connectivity index (χ1) is 9.21. The van der Waals surface area contributed by atoms with Crippen molar-refractivity contribution in [3.05, 3.63) is 58.1 Å². The minimum Gasteiger partial charge on any atom is -0.497 e. The van der Waals surface area contributed by atoms with Gasteiger partial charge in [-0.05, 0) is 29.7 Å². The van der Waals surface area contributed by atoms with Crippen LogP contribution in [0.25, 0.3) is 0 Å². The van der Waals surface area contributed by atoms with E-state index in [-0.39, 0.29) is 0 Å². The lowest BCUT2D eigenvalue weighted by atomic mass is 10.1. The zero-order valence-electron chi connectivity index (χ0n) is 11.2. The molecule has 0 aliphatic rings. The predicted molar refractivity (Wildman–Crippen MR) is 83.8 cm³/mol. The van der Waals surface area contributed by atoms with E-state index in [2.05, 4.69) is 52.4 Å². The van der Waals surface area contributed by atoms with E-state index in [1.807, 2.05) is 18.2 Å². The van der Waals surface area contributed by atoms with Gasteiger partial charge in [-0.15, -0.1) is 0 Å². The molecule has 0 atom stereocenters. The standard InChI is InChI=1S/C16H18BrNO/c1-3-12-4-6-13(7-5-12)11-18-15-8-14(17)9-16(10-15)19-2/h4-10,18H,3,11H2,1-2H3. The second-order valence-corrected chi connectivity index (χ2v) is 5.32. The molecule has 0 aliphatic heterocycles. The summed E-state index contributed by atoms with van der Waals surface area (Å²) in [5, 5.41) is 3.40. The third kappa shape index (κ3) is 4.00. The van der Waals surface area contributed by atoms with Crippen LogP contribution >= 0.6 is 15.9 Å². The highest BCUT2D eigenvalue weighted by Crippen LogP contribution is 2.24. The highest BCUT2D eigenvalue weighted by molar-refractivity contribution is 9.10. The topological polar surface area (TPSA) is 21.3 Å². The van der Waals surface area contributed by atoms with E-state index in [4.69, 9.17) is 4.74 Å². The number of aryl methyl sites for hydroxylation is 1. The Balaban J connectivity index is 2.03. The van der Waals surface area contributed by atoms with E-state index in [1.54, 1.807) is 7.11 Å². The predicted octanol–water partition coefficient (Wildman–Crippen LogP) is 4.63. The summed E-state index contributed by atoms with van der Waals surface area (Å²) in [4.78, 5) is 0. The van der Waals surface area contributed by atoms with Crippen molar-refractivity contribution >= 4 is 21.6 Å². The average Bonchev–Trinajstić information content (AvgIpc) is 2.45. The van der Waals surface area contributed by atoms with Gasteiger partial charge in [0.25, 0.3) is 0 Å². The van der Waals surface area contributed by atoms with Gasteiger partial charge in [0.2, 0.25) is 0 Å². The summed E-state index contributed by atoms with van der Waals surface area (Å²) < 4.78 is 6.26. The average molecular weight is 320 g/mol. The van der Waals surface area contributed by atoms with Crippen molar-refractivity contribution in [3.8, 4) is 5.75 Å². The zero-order chi connectivity index (χ0) is 13.7. The van der Waals surface area contributed by atoms with Crippen molar-refractivity contribution < 1.29 is 4.74 Å². The second kappa shape index (κ2) is 6.62. The summed E-state index contributed by atoms with van der Waals surface area (Å²) >= 11 is 3.48. The van der Waals surface area contributed by atoms with Crippen LogP contribution in [0.15, 0.2) is 46.9 Å². The fourth-order valence-electron chi connectivity index (χ4n) is 1.88. The van der Waals surface area contributed by atoms with Crippen molar-refractivity contribution in [3.63, 3.8) is 0 Å². The highest BCUT2D eigenvalue weighted by Gasteiger charge is 2.00. The molecule has 0 amide bonds. The molecule has 2 aromatic rings. The maximum Gasteiger partial charge on any atom is 0.122 e. The van der Waals surface area contributed by atoms with Crippen LogP contribution < -0.4 is 10.1 Å². The molecule has 0 spiro atoms. The molecule has 2 rings (SSSR count). The van der Waals surface area contributed by atoms with E-state index >= 15 is 0 Å². The van der Waals surface area contributed by atoms with Gasteiger partial charge < -0.3 is 10.1 Å². The quantitative estimate of drug-likeness (QED) is 0.867. The van der Waals surface area contributed by atoms with Gasteiger partial charge in [-0.25, -0.2) is 0 Å². The normalized spacial score (nSPS) is 10.3. The summed E-state index contributed by atoms with van der Waals surface area (Å²) in [6, 6.07) is 14.7. The van der Waals surface area contributed by atoms with Gasteiger partial charge in [0.05, 0.1) is 7.11 Å². The van der Waals surface area contributed by atoms with Crippen LogP contribution in [0.3, 0.4) is 0 Å². The van der Waals surface area contributed by atoms with E-state index < -0.39 is 0 Å². The van der Waals surface area contributed by atoms with Gasteiger partial charge in [0, 0.05) is 22.8 Å². The number of methoxy groups -OCH3 is 1. The molecular formula is C16H18BrNO. The van der Waals surface area contributed by atoms with E-state index in [0.717, 1.165) is 28.9 Å².